The minimum absolute atomic E-state index is 0.505. The SMILES string of the molecule is CC(C)c1nnc(N2CCCC3(CC3)C2)s1. The summed E-state index contributed by atoms with van der Waals surface area (Å²) in [4.78, 5) is 2.46. The summed E-state index contributed by atoms with van der Waals surface area (Å²) < 4.78 is 0. The van der Waals surface area contributed by atoms with Gasteiger partial charge in [-0.2, -0.15) is 0 Å². The van der Waals surface area contributed by atoms with Crippen molar-refractivity contribution in [2.24, 2.45) is 5.41 Å². The van der Waals surface area contributed by atoms with E-state index in [-0.39, 0.29) is 0 Å². The standard InChI is InChI=1S/C12H19N3S/c1-9(2)10-13-14-11(16-10)15-7-3-4-12(8-15)5-6-12/h9H,3-8H2,1-2H3. The molecule has 1 spiro atoms. The Morgan fingerprint density at radius 1 is 1.25 bits per heavy atom. The Balaban J connectivity index is 1.75. The van der Waals surface area contributed by atoms with Crippen LogP contribution in [-0.4, -0.2) is 23.3 Å². The Kier molecular flexibility index (Phi) is 2.42. The first-order valence-electron chi connectivity index (χ1n) is 6.27. The summed E-state index contributed by atoms with van der Waals surface area (Å²) in [6, 6.07) is 0. The van der Waals surface area contributed by atoms with Gasteiger partial charge in [-0.1, -0.05) is 25.2 Å². The molecule has 0 bridgehead atoms. The average molecular weight is 237 g/mol. The highest BCUT2D eigenvalue weighted by molar-refractivity contribution is 7.15. The van der Waals surface area contributed by atoms with E-state index in [0.29, 0.717) is 11.3 Å². The van der Waals surface area contributed by atoms with Gasteiger partial charge >= 0.3 is 0 Å². The third-order valence-electron chi connectivity index (χ3n) is 3.81. The van der Waals surface area contributed by atoms with Gasteiger partial charge in [0.1, 0.15) is 5.01 Å². The molecular weight excluding hydrogens is 218 g/mol. The minimum atomic E-state index is 0.505. The highest BCUT2D eigenvalue weighted by atomic mass is 32.1. The molecule has 3 nitrogen and oxygen atoms in total. The van der Waals surface area contributed by atoms with Crippen molar-refractivity contribution in [3.8, 4) is 0 Å². The molecule has 2 heterocycles. The molecule has 0 aromatic carbocycles. The molecule has 0 N–H and O–H groups in total. The van der Waals surface area contributed by atoms with Crippen molar-refractivity contribution >= 4 is 16.5 Å². The summed E-state index contributed by atoms with van der Waals surface area (Å²) in [7, 11) is 0. The van der Waals surface area contributed by atoms with Crippen molar-refractivity contribution in [2.75, 3.05) is 18.0 Å². The lowest BCUT2D eigenvalue weighted by Crippen LogP contribution is -2.36. The van der Waals surface area contributed by atoms with Gasteiger partial charge in [0.25, 0.3) is 0 Å². The first-order valence-corrected chi connectivity index (χ1v) is 7.09. The van der Waals surface area contributed by atoms with Crippen LogP contribution in [0.3, 0.4) is 0 Å². The van der Waals surface area contributed by atoms with Crippen LogP contribution in [0.2, 0.25) is 0 Å². The maximum atomic E-state index is 4.35. The third kappa shape index (κ3) is 1.83. The molecule has 3 rings (SSSR count). The summed E-state index contributed by atoms with van der Waals surface area (Å²) in [5.41, 5.74) is 0.669. The molecule has 2 fully saturated rings. The van der Waals surface area contributed by atoms with Gasteiger partial charge in [-0.25, -0.2) is 0 Å². The van der Waals surface area contributed by atoms with Crippen LogP contribution >= 0.6 is 11.3 Å². The molecule has 1 aliphatic heterocycles. The smallest absolute Gasteiger partial charge is 0.208 e. The van der Waals surface area contributed by atoms with E-state index in [9.17, 15) is 0 Å². The second kappa shape index (κ2) is 3.69. The number of rotatable bonds is 2. The summed E-state index contributed by atoms with van der Waals surface area (Å²) >= 11 is 1.78. The van der Waals surface area contributed by atoms with Gasteiger partial charge < -0.3 is 4.90 Å². The number of hydrogen-bond donors (Lipinski definition) is 0. The van der Waals surface area contributed by atoms with E-state index in [4.69, 9.17) is 0 Å². The Morgan fingerprint density at radius 3 is 2.69 bits per heavy atom. The van der Waals surface area contributed by atoms with E-state index in [0.717, 1.165) is 5.13 Å². The molecule has 1 aromatic rings. The van der Waals surface area contributed by atoms with Gasteiger partial charge in [0.15, 0.2) is 0 Å². The van der Waals surface area contributed by atoms with Crippen molar-refractivity contribution in [3.05, 3.63) is 5.01 Å². The zero-order valence-electron chi connectivity index (χ0n) is 10.1. The van der Waals surface area contributed by atoms with Gasteiger partial charge in [-0.3, -0.25) is 0 Å². The number of anilines is 1. The van der Waals surface area contributed by atoms with Crippen LogP contribution in [-0.2, 0) is 0 Å². The van der Waals surface area contributed by atoms with Crippen LogP contribution in [0, 0.1) is 5.41 Å². The fraction of sp³-hybridized carbons (Fsp3) is 0.833. The van der Waals surface area contributed by atoms with Crippen LogP contribution in [0.5, 0.6) is 0 Å². The van der Waals surface area contributed by atoms with E-state index >= 15 is 0 Å². The lowest BCUT2D eigenvalue weighted by molar-refractivity contribution is 0.394. The summed E-state index contributed by atoms with van der Waals surface area (Å²) in [6.07, 6.45) is 5.62. The van der Waals surface area contributed by atoms with Crippen LogP contribution in [0.1, 0.15) is 50.5 Å². The zero-order valence-corrected chi connectivity index (χ0v) is 10.9. The minimum Gasteiger partial charge on any atom is -0.346 e. The molecule has 4 heteroatoms. The molecule has 1 aliphatic carbocycles. The highest BCUT2D eigenvalue weighted by Crippen LogP contribution is 2.52. The second-order valence-electron chi connectivity index (χ2n) is 5.60. The van der Waals surface area contributed by atoms with E-state index in [1.807, 2.05) is 0 Å². The van der Waals surface area contributed by atoms with Gasteiger partial charge in [-0.15, -0.1) is 10.2 Å². The largest absolute Gasteiger partial charge is 0.346 e. The molecule has 0 atom stereocenters. The Labute approximate surface area is 101 Å². The number of aromatic nitrogens is 2. The zero-order chi connectivity index (χ0) is 11.2. The van der Waals surface area contributed by atoms with Crippen LogP contribution < -0.4 is 4.90 Å². The molecule has 1 saturated carbocycles. The topological polar surface area (TPSA) is 29.0 Å². The molecular formula is C12H19N3S. The Morgan fingerprint density at radius 2 is 2.06 bits per heavy atom. The van der Waals surface area contributed by atoms with Gasteiger partial charge in [0, 0.05) is 19.0 Å². The predicted molar refractivity (Wildman–Crippen MR) is 67.1 cm³/mol. The monoisotopic (exact) mass is 237 g/mol. The average Bonchev–Trinajstić information content (AvgIpc) is 2.85. The van der Waals surface area contributed by atoms with Crippen molar-refractivity contribution in [1.82, 2.24) is 10.2 Å². The van der Waals surface area contributed by atoms with Crippen molar-refractivity contribution in [3.63, 3.8) is 0 Å². The molecule has 1 aromatic heterocycles. The van der Waals surface area contributed by atoms with Gasteiger partial charge in [-0.05, 0) is 31.1 Å². The summed E-state index contributed by atoms with van der Waals surface area (Å²) in [5.74, 6) is 0.505. The van der Waals surface area contributed by atoms with Crippen molar-refractivity contribution in [2.45, 2.75) is 45.4 Å². The molecule has 0 unspecified atom stereocenters. The fourth-order valence-corrected chi connectivity index (χ4v) is 3.41. The maximum absolute atomic E-state index is 4.35. The van der Waals surface area contributed by atoms with E-state index < -0.39 is 0 Å². The number of piperidine rings is 1. The molecule has 0 radical (unpaired) electrons. The number of nitrogens with zero attached hydrogens (tertiary/aromatic N) is 3. The first kappa shape index (κ1) is 10.5. The molecule has 1 saturated heterocycles. The van der Waals surface area contributed by atoms with E-state index in [1.54, 1.807) is 11.3 Å². The van der Waals surface area contributed by atoms with E-state index in [1.165, 1.54) is 43.8 Å². The summed E-state index contributed by atoms with van der Waals surface area (Å²) in [6.45, 7) is 6.76. The Bertz CT molecular complexity index is 381. The van der Waals surface area contributed by atoms with Gasteiger partial charge in [0.2, 0.25) is 5.13 Å². The van der Waals surface area contributed by atoms with E-state index in [2.05, 4.69) is 28.9 Å². The normalized spacial score (nSPS) is 23.1. The first-order chi connectivity index (χ1) is 7.69. The second-order valence-corrected chi connectivity index (χ2v) is 6.59. The molecule has 88 valence electrons. The molecule has 0 amide bonds. The molecule has 16 heavy (non-hydrogen) atoms. The highest BCUT2D eigenvalue weighted by Gasteiger charge is 2.45. The lowest BCUT2D eigenvalue weighted by Gasteiger charge is -2.32. The lowest BCUT2D eigenvalue weighted by atomic mass is 9.96. The van der Waals surface area contributed by atoms with Crippen molar-refractivity contribution < 1.29 is 0 Å². The predicted octanol–water partition coefficient (Wildman–Crippen LogP) is 3.04. The van der Waals surface area contributed by atoms with Gasteiger partial charge in [0.05, 0.1) is 0 Å². The quantitative estimate of drug-likeness (QED) is 0.791. The van der Waals surface area contributed by atoms with Crippen LogP contribution in [0.15, 0.2) is 0 Å². The third-order valence-corrected chi connectivity index (χ3v) is 5.10. The molecule has 2 aliphatic rings. The maximum Gasteiger partial charge on any atom is 0.208 e. The fourth-order valence-electron chi connectivity index (χ4n) is 2.54. The Hall–Kier alpha value is -0.640. The van der Waals surface area contributed by atoms with Crippen molar-refractivity contribution in [1.29, 1.82) is 0 Å². The summed E-state index contributed by atoms with van der Waals surface area (Å²) in [5, 5.41) is 11.0. The van der Waals surface area contributed by atoms with Crippen LogP contribution in [0.25, 0.3) is 0 Å². The van der Waals surface area contributed by atoms with Crippen LogP contribution in [0.4, 0.5) is 5.13 Å². The number of hydrogen-bond acceptors (Lipinski definition) is 4.